The zero-order chi connectivity index (χ0) is 10.8. The molecule has 0 aromatic carbocycles. The van der Waals surface area contributed by atoms with Crippen LogP contribution in [0.15, 0.2) is 6.20 Å². The summed E-state index contributed by atoms with van der Waals surface area (Å²) < 4.78 is 7.23. The molecule has 1 aliphatic heterocycles. The highest BCUT2D eigenvalue weighted by Crippen LogP contribution is 2.21. The van der Waals surface area contributed by atoms with E-state index in [1.165, 1.54) is 0 Å². The van der Waals surface area contributed by atoms with Crippen LogP contribution in [0.4, 0.5) is 5.69 Å². The first-order valence-corrected chi connectivity index (χ1v) is 5.51. The van der Waals surface area contributed by atoms with Crippen molar-refractivity contribution in [3.05, 3.63) is 11.9 Å². The second kappa shape index (κ2) is 4.23. The Morgan fingerprint density at radius 3 is 3.00 bits per heavy atom. The summed E-state index contributed by atoms with van der Waals surface area (Å²) in [7, 11) is 1.95. The van der Waals surface area contributed by atoms with Crippen LogP contribution in [0.5, 0.6) is 0 Å². The van der Waals surface area contributed by atoms with Gasteiger partial charge >= 0.3 is 0 Å². The van der Waals surface area contributed by atoms with Gasteiger partial charge in [0.25, 0.3) is 0 Å². The SMILES string of the molecule is Cc1nn(C)cc1NC(C)C1CCOC1. The Bertz CT molecular complexity index is 329. The van der Waals surface area contributed by atoms with Gasteiger partial charge in [-0.2, -0.15) is 5.10 Å². The molecule has 2 unspecified atom stereocenters. The van der Waals surface area contributed by atoms with Crippen LogP contribution in [-0.4, -0.2) is 29.0 Å². The van der Waals surface area contributed by atoms with Crippen molar-refractivity contribution in [2.45, 2.75) is 26.3 Å². The fourth-order valence-corrected chi connectivity index (χ4v) is 2.05. The first kappa shape index (κ1) is 10.5. The summed E-state index contributed by atoms with van der Waals surface area (Å²) in [4.78, 5) is 0. The molecule has 0 spiro atoms. The Labute approximate surface area is 90.6 Å². The number of ether oxygens (including phenoxy) is 1. The second-order valence-electron chi connectivity index (χ2n) is 4.36. The molecule has 15 heavy (non-hydrogen) atoms. The van der Waals surface area contributed by atoms with E-state index in [4.69, 9.17) is 4.74 Å². The molecule has 4 heteroatoms. The third-order valence-corrected chi connectivity index (χ3v) is 3.07. The molecule has 0 aliphatic carbocycles. The monoisotopic (exact) mass is 209 g/mol. The highest BCUT2D eigenvalue weighted by Gasteiger charge is 2.22. The van der Waals surface area contributed by atoms with Crippen LogP contribution in [0.3, 0.4) is 0 Å². The minimum atomic E-state index is 0.454. The van der Waals surface area contributed by atoms with Gasteiger partial charge in [-0.05, 0) is 20.3 Å². The lowest BCUT2D eigenvalue weighted by Crippen LogP contribution is -2.26. The van der Waals surface area contributed by atoms with Crippen molar-refractivity contribution in [1.82, 2.24) is 9.78 Å². The lowest BCUT2D eigenvalue weighted by Gasteiger charge is -2.19. The fraction of sp³-hybridized carbons (Fsp3) is 0.727. The minimum absolute atomic E-state index is 0.454. The molecule has 0 saturated carbocycles. The second-order valence-corrected chi connectivity index (χ2v) is 4.36. The largest absolute Gasteiger partial charge is 0.381 e. The predicted molar refractivity (Wildman–Crippen MR) is 60.0 cm³/mol. The van der Waals surface area contributed by atoms with Gasteiger partial charge in [-0.3, -0.25) is 4.68 Å². The van der Waals surface area contributed by atoms with Gasteiger partial charge in [0.1, 0.15) is 0 Å². The summed E-state index contributed by atoms with van der Waals surface area (Å²) in [6.45, 7) is 6.03. The van der Waals surface area contributed by atoms with E-state index in [0.29, 0.717) is 12.0 Å². The number of hydrogen-bond acceptors (Lipinski definition) is 3. The van der Waals surface area contributed by atoms with Crippen molar-refractivity contribution in [2.75, 3.05) is 18.5 Å². The average Bonchev–Trinajstić information content (AvgIpc) is 2.76. The van der Waals surface area contributed by atoms with Crippen molar-refractivity contribution >= 4 is 5.69 Å². The molecule has 1 aliphatic rings. The maximum Gasteiger partial charge on any atom is 0.0825 e. The quantitative estimate of drug-likeness (QED) is 0.821. The van der Waals surface area contributed by atoms with E-state index in [9.17, 15) is 0 Å². The van der Waals surface area contributed by atoms with Gasteiger partial charge in [0, 0.05) is 31.8 Å². The number of aromatic nitrogens is 2. The lowest BCUT2D eigenvalue weighted by molar-refractivity contribution is 0.183. The zero-order valence-corrected chi connectivity index (χ0v) is 9.66. The summed E-state index contributed by atoms with van der Waals surface area (Å²) in [6, 6.07) is 0.454. The fourth-order valence-electron chi connectivity index (χ4n) is 2.05. The first-order valence-electron chi connectivity index (χ1n) is 5.51. The number of nitrogens with one attached hydrogen (secondary N) is 1. The summed E-state index contributed by atoms with van der Waals surface area (Å²) in [6.07, 6.45) is 3.19. The minimum Gasteiger partial charge on any atom is -0.381 e. The van der Waals surface area contributed by atoms with Gasteiger partial charge in [0.05, 0.1) is 18.0 Å². The van der Waals surface area contributed by atoms with E-state index in [1.807, 2.05) is 24.9 Å². The Morgan fingerprint density at radius 1 is 1.67 bits per heavy atom. The standard InChI is InChI=1S/C11H19N3O/c1-8(10-4-5-15-7-10)12-11-6-14(3)13-9(11)2/h6,8,10,12H,4-5,7H2,1-3H3. The predicted octanol–water partition coefficient (Wildman–Crippen LogP) is 1.57. The highest BCUT2D eigenvalue weighted by atomic mass is 16.5. The molecular formula is C11H19N3O. The molecule has 1 saturated heterocycles. The molecule has 2 atom stereocenters. The van der Waals surface area contributed by atoms with Crippen molar-refractivity contribution in [1.29, 1.82) is 0 Å². The Morgan fingerprint density at radius 2 is 2.47 bits per heavy atom. The number of rotatable bonds is 3. The van der Waals surface area contributed by atoms with Gasteiger partial charge in [-0.25, -0.2) is 0 Å². The Hall–Kier alpha value is -1.03. The van der Waals surface area contributed by atoms with E-state index < -0.39 is 0 Å². The summed E-state index contributed by atoms with van der Waals surface area (Å²) in [5.41, 5.74) is 2.19. The molecule has 1 fully saturated rings. The molecule has 0 radical (unpaired) electrons. The van der Waals surface area contributed by atoms with Crippen LogP contribution in [-0.2, 0) is 11.8 Å². The van der Waals surface area contributed by atoms with Crippen LogP contribution in [0, 0.1) is 12.8 Å². The molecule has 0 bridgehead atoms. The topological polar surface area (TPSA) is 39.1 Å². The van der Waals surface area contributed by atoms with E-state index in [-0.39, 0.29) is 0 Å². The summed E-state index contributed by atoms with van der Waals surface area (Å²) in [5.74, 6) is 0.629. The smallest absolute Gasteiger partial charge is 0.0825 e. The van der Waals surface area contributed by atoms with Crippen LogP contribution < -0.4 is 5.32 Å². The molecule has 2 rings (SSSR count). The third kappa shape index (κ3) is 2.31. The summed E-state index contributed by atoms with van der Waals surface area (Å²) in [5, 5.41) is 7.82. The van der Waals surface area contributed by atoms with Gasteiger partial charge in [-0.15, -0.1) is 0 Å². The first-order chi connectivity index (χ1) is 7.16. The maximum absolute atomic E-state index is 5.39. The third-order valence-electron chi connectivity index (χ3n) is 3.07. The maximum atomic E-state index is 5.39. The molecule has 1 N–H and O–H groups in total. The zero-order valence-electron chi connectivity index (χ0n) is 9.66. The number of aryl methyl sites for hydroxylation is 2. The molecule has 4 nitrogen and oxygen atoms in total. The van der Waals surface area contributed by atoms with E-state index in [2.05, 4.69) is 17.3 Å². The number of anilines is 1. The Kier molecular flexibility index (Phi) is 2.95. The van der Waals surface area contributed by atoms with Crippen LogP contribution >= 0.6 is 0 Å². The summed E-state index contributed by atoms with van der Waals surface area (Å²) >= 11 is 0. The van der Waals surface area contributed by atoms with Crippen molar-refractivity contribution < 1.29 is 4.74 Å². The molecule has 84 valence electrons. The molecule has 2 heterocycles. The van der Waals surface area contributed by atoms with Crippen LogP contribution in [0.25, 0.3) is 0 Å². The Balaban J connectivity index is 1.98. The van der Waals surface area contributed by atoms with E-state index in [1.54, 1.807) is 0 Å². The lowest BCUT2D eigenvalue weighted by atomic mass is 10.0. The number of hydrogen-bond donors (Lipinski definition) is 1. The van der Waals surface area contributed by atoms with Gasteiger partial charge in [-0.1, -0.05) is 0 Å². The van der Waals surface area contributed by atoms with Crippen molar-refractivity contribution in [3.8, 4) is 0 Å². The van der Waals surface area contributed by atoms with Crippen molar-refractivity contribution in [3.63, 3.8) is 0 Å². The van der Waals surface area contributed by atoms with E-state index >= 15 is 0 Å². The van der Waals surface area contributed by atoms with Crippen molar-refractivity contribution in [2.24, 2.45) is 13.0 Å². The van der Waals surface area contributed by atoms with Gasteiger partial charge in [0.2, 0.25) is 0 Å². The number of nitrogens with zero attached hydrogens (tertiary/aromatic N) is 2. The molecule has 1 aromatic heterocycles. The van der Waals surface area contributed by atoms with Crippen LogP contribution in [0.1, 0.15) is 19.0 Å². The normalized spacial score (nSPS) is 23.0. The van der Waals surface area contributed by atoms with Gasteiger partial charge in [0.15, 0.2) is 0 Å². The van der Waals surface area contributed by atoms with Gasteiger partial charge < -0.3 is 10.1 Å². The average molecular weight is 209 g/mol. The highest BCUT2D eigenvalue weighted by molar-refractivity contribution is 5.46. The molecule has 1 aromatic rings. The molecular weight excluding hydrogens is 190 g/mol. The molecule has 0 amide bonds. The van der Waals surface area contributed by atoms with Crippen LogP contribution in [0.2, 0.25) is 0 Å². The van der Waals surface area contributed by atoms with E-state index in [0.717, 1.165) is 31.0 Å².